The van der Waals surface area contributed by atoms with Crippen LogP contribution in [0.2, 0.25) is 0 Å². The van der Waals surface area contributed by atoms with Gasteiger partial charge in [0.1, 0.15) is 11.6 Å². The van der Waals surface area contributed by atoms with Crippen molar-refractivity contribution >= 4 is 38.6 Å². The first-order valence-corrected chi connectivity index (χ1v) is 15.9. The van der Waals surface area contributed by atoms with Crippen molar-refractivity contribution in [1.82, 2.24) is 13.9 Å². The first-order chi connectivity index (χ1) is 20.4. The van der Waals surface area contributed by atoms with Crippen molar-refractivity contribution in [2.75, 3.05) is 55.7 Å². The Hall–Kier alpha value is -4.09. The minimum atomic E-state index is -4.03. The molecule has 2 aromatic heterocycles. The van der Waals surface area contributed by atoms with Crippen LogP contribution in [-0.2, 0) is 16.4 Å². The zero-order valence-electron chi connectivity index (χ0n) is 23.6. The third-order valence-corrected chi connectivity index (χ3v) is 9.77. The number of ether oxygens (including phenoxy) is 1. The average Bonchev–Trinajstić information content (AvgIpc) is 3.41. The molecule has 2 aromatic carbocycles. The molecule has 11 heteroatoms. The number of primary amides is 1. The number of piperazine rings is 1. The quantitative estimate of drug-likeness (QED) is 0.293. The molecule has 220 valence electrons. The highest BCUT2D eigenvalue weighted by molar-refractivity contribution is 7.90. The number of carbonyl (C=O) groups is 1. The van der Waals surface area contributed by atoms with Gasteiger partial charge in [-0.05, 0) is 74.2 Å². The zero-order valence-corrected chi connectivity index (χ0v) is 24.4. The summed E-state index contributed by atoms with van der Waals surface area (Å²) >= 11 is 0. The molecule has 1 fully saturated rings. The van der Waals surface area contributed by atoms with Gasteiger partial charge in [0.05, 0.1) is 17.2 Å². The minimum Gasteiger partial charge on any atom is -0.491 e. The minimum absolute atomic E-state index is 0.112. The number of hydrogen-bond acceptors (Lipinski definition) is 7. The standard InChI is InChI=1S/C31H36N6O4S/c32-31(38)36(28-23-25-10-7-15-33-30(25)37(28)42(39,40)26-12-2-1-3-13-26)17-5-4-16-34-18-20-35(21-19-34)27-14-6-9-24-11-8-22-41-29(24)27/h1-3,6-7,9-10,12-15,23H,4-5,8,11,16-22H2,(H2,32,38). The van der Waals surface area contributed by atoms with Crippen LogP contribution >= 0.6 is 0 Å². The van der Waals surface area contributed by atoms with Gasteiger partial charge in [0.2, 0.25) is 0 Å². The number of amides is 2. The lowest BCUT2D eigenvalue weighted by molar-refractivity contribution is 0.247. The molecule has 2 aliphatic heterocycles. The van der Waals surface area contributed by atoms with E-state index in [0.717, 1.165) is 68.3 Å². The summed E-state index contributed by atoms with van der Waals surface area (Å²) in [7, 11) is -4.03. The topological polar surface area (TPSA) is 114 Å². The van der Waals surface area contributed by atoms with E-state index in [2.05, 4.69) is 33.0 Å². The van der Waals surface area contributed by atoms with E-state index in [0.29, 0.717) is 18.4 Å². The van der Waals surface area contributed by atoms with Crippen molar-refractivity contribution in [3.05, 3.63) is 78.5 Å². The number of unbranched alkanes of at least 4 members (excludes halogenated alkanes) is 1. The van der Waals surface area contributed by atoms with Crippen LogP contribution in [-0.4, -0.2) is 74.2 Å². The maximum absolute atomic E-state index is 13.7. The zero-order chi connectivity index (χ0) is 29.1. The second-order valence-corrected chi connectivity index (χ2v) is 12.5. The predicted molar refractivity (Wildman–Crippen MR) is 164 cm³/mol. The van der Waals surface area contributed by atoms with E-state index in [4.69, 9.17) is 10.5 Å². The first kappa shape index (κ1) is 28.0. The molecule has 0 bridgehead atoms. The number of rotatable bonds is 9. The molecule has 2 N–H and O–H groups in total. The smallest absolute Gasteiger partial charge is 0.320 e. The fourth-order valence-corrected chi connectivity index (χ4v) is 7.39. The second-order valence-electron chi connectivity index (χ2n) is 10.7. The summed E-state index contributed by atoms with van der Waals surface area (Å²) in [5.41, 5.74) is 8.56. The fraction of sp³-hybridized carbons (Fsp3) is 0.355. The molecule has 2 amide bonds. The molecular weight excluding hydrogens is 552 g/mol. The van der Waals surface area contributed by atoms with E-state index in [1.165, 1.54) is 34.5 Å². The summed E-state index contributed by atoms with van der Waals surface area (Å²) in [6.45, 7) is 5.70. The Morgan fingerprint density at radius 3 is 2.57 bits per heavy atom. The number of aryl methyl sites for hydroxylation is 1. The number of pyridine rings is 1. The highest BCUT2D eigenvalue weighted by Crippen LogP contribution is 2.36. The number of fused-ring (bicyclic) bond motifs is 2. The van der Waals surface area contributed by atoms with Gasteiger partial charge < -0.3 is 15.4 Å². The van der Waals surface area contributed by atoms with Crippen molar-refractivity contribution in [2.24, 2.45) is 5.73 Å². The van der Waals surface area contributed by atoms with E-state index < -0.39 is 16.1 Å². The van der Waals surface area contributed by atoms with E-state index in [1.807, 2.05) is 0 Å². The van der Waals surface area contributed by atoms with Crippen LogP contribution in [0.3, 0.4) is 0 Å². The molecule has 0 aliphatic carbocycles. The molecule has 6 rings (SSSR count). The molecule has 0 saturated carbocycles. The van der Waals surface area contributed by atoms with Crippen LogP contribution in [0, 0.1) is 0 Å². The Morgan fingerprint density at radius 2 is 1.79 bits per heavy atom. The molecule has 0 radical (unpaired) electrons. The van der Waals surface area contributed by atoms with Gasteiger partial charge in [-0.15, -0.1) is 0 Å². The largest absolute Gasteiger partial charge is 0.491 e. The number of benzene rings is 2. The number of nitrogens with zero attached hydrogens (tertiary/aromatic N) is 5. The first-order valence-electron chi connectivity index (χ1n) is 14.5. The average molecular weight is 589 g/mol. The van der Waals surface area contributed by atoms with Gasteiger partial charge in [0.25, 0.3) is 10.0 Å². The molecule has 1 saturated heterocycles. The summed E-state index contributed by atoms with van der Waals surface area (Å²) in [6.07, 6.45) is 5.19. The highest BCUT2D eigenvalue weighted by atomic mass is 32.2. The lowest BCUT2D eigenvalue weighted by Crippen LogP contribution is -2.47. The Balaban J connectivity index is 1.11. The van der Waals surface area contributed by atoms with Crippen LogP contribution < -0.4 is 20.3 Å². The van der Waals surface area contributed by atoms with Gasteiger partial charge in [0, 0.05) is 44.3 Å². The Kier molecular flexibility index (Phi) is 8.03. The lowest BCUT2D eigenvalue weighted by atomic mass is 10.0. The molecule has 0 atom stereocenters. The summed E-state index contributed by atoms with van der Waals surface area (Å²) < 4.78 is 34.6. The van der Waals surface area contributed by atoms with Crippen molar-refractivity contribution in [3.63, 3.8) is 0 Å². The lowest BCUT2D eigenvalue weighted by Gasteiger charge is -2.37. The summed E-state index contributed by atoms with van der Waals surface area (Å²) in [5, 5.41) is 0.612. The van der Waals surface area contributed by atoms with E-state index >= 15 is 0 Å². The number of anilines is 2. The summed E-state index contributed by atoms with van der Waals surface area (Å²) in [5.74, 6) is 1.24. The van der Waals surface area contributed by atoms with Crippen molar-refractivity contribution in [1.29, 1.82) is 0 Å². The van der Waals surface area contributed by atoms with Gasteiger partial charge in [0.15, 0.2) is 5.65 Å². The maximum Gasteiger partial charge on any atom is 0.320 e. The molecule has 4 heterocycles. The third-order valence-electron chi connectivity index (χ3n) is 8.06. The molecule has 0 unspecified atom stereocenters. The number of aromatic nitrogens is 2. The van der Waals surface area contributed by atoms with Crippen molar-refractivity contribution in [3.8, 4) is 5.75 Å². The van der Waals surface area contributed by atoms with Gasteiger partial charge >= 0.3 is 6.03 Å². The molecule has 2 aliphatic rings. The van der Waals surface area contributed by atoms with Crippen LogP contribution in [0.1, 0.15) is 24.8 Å². The van der Waals surface area contributed by atoms with Gasteiger partial charge in [-0.25, -0.2) is 22.2 Å². The number of nitrogens with two attached hydrogens (primary N) is 1. The number of hydrogen-bond donors (Lipinski definition) is 1. The summed E-state index contributed by atoms with van der Waals surface area (Å²) in [6, 6.07) is 19.1. The third kappa shape index (κ3) is 5.54. The predicted octanol–water partition coefficient (Wildman–Crippen LogP) is 4.09. The van der Waals surface area contributed by atoms with E-state index in [1.54, 1.807) is 36.4 Å². The van der Waals surface area contributed by atoms with E-state index in [-0.39, 0.29) is 16.4 Å². The highest BCUT2D eigenvalue weighted by Gasteiger charge is 2.29. The Bertz CT molecular complexity index is 1670. The SMILES string of the molecule is NC(=O)N(CCCCN1CCN(c2cccc3c2OCCC3)CC1)c1cc2cccnc2n1S(=O)(=O)c1ccccc1. The van der Waals surface area contributed by atoms with Gasteiger partial charge in [-0.1, -0.05) is 30.3 Å². The second kappa shape index (κ2) is 12.0. The van der Waals surface area contributed by atoms with Crippen LogP contribution in [0.4, 0.5) is 16.3 Å². The molecule has 0 spiro atoms. The molecular formula is C31H36N6O4S. The van der Waals surface area contributed by atoms with Crippen molar-refractivity contribution < 1.29 is 17.9 Å². The van der Waals surface area contributed by atoms with Crippen LogP contribution in [0.15, 0.2) is 77.8 Å². The number of carbonyl (C=O) groups excluding carboxylic acids is 1. The monoisotopic (exact) mass is 588 g/mol. The van der Waals surface area contributed by atoms with Gasteiger partial charge in [-0.2, -0.15) is 0 Å². The normalized spacial score (nSPS) is 15.8. The number of para-hydroxylation sites is 1. The van der Waals surface area contributed by atoms with Crippen LogP contribution in [0.25, 0.3) is 11.0 Å². The Morgan fingerprint density at radius 1 is 0.976 bits per heavy atom. The number of urea groups is 1. The fourth-order valence-electron chi connectivity index (χ4n) is 5.90. The Labute approximate surface area is 246 Å². The molecule has 10 nitrogen and oxygen atoms in total. The van der Waals surface area contributed by atoms with Crippen molar-refractivity contribution in [2.45, 2.75) is 30.6 Å². The van der Waals surface area contributed by atoms with Crippen LogP contribution in [0.5, 0.6) is 5.75 Å². The summed E-state index contributed by atoms with van der Waals surface area (Å²) in [4.78, 5) is 23.3. The molecule has 4 aromatic rings. The molecule has 42 heavy (non-hydrogen) atoms. The van der Waals surface area contributed by atoms with E-state index in [9.17, 15) is 13.2 Å². The maximum atomic E-state index is 13.7. The van der Waals surface area contributed by atoms with Gasteiger partial charge in [-0.3, -0.25) is 9.80 Å².